The van der Waals surface area contributed by atoms with Crippen molar-refractivity contribution in [3.8, 4) is 0 Å². The van der Waals surface area contributed by atoms with Crippen LogP contribution in [0, 0.1) is 5.92 Å². The Labute approximate surface area is 76.0 Å². The van der Waals surface area contributed by atoms with E-state index in [2.05, 4.69) is 4.98 Å². The number of hydrogen-bond acceptors (Lipinski definition) is 3. The van der Waals surface area contributed by atoms with Crippen LogP contribution in [0.2, 0.25) is 0 Å². The van der Waals surface area contributed by atoms with Crippen molar-refractivity contribution in [1.82, 2.24) is 4.98 Å². The van der Waals surface area contributed by atoms with Crippen LogP contribution in [0.25, 0.3) is 6.08 Å². The molecule has 1 heterocycles. The third kappa shape index (κ3) is 2.27. The molecule has 12 heavy (non-hydrogen) atoms. The van der Waals surface area contributed by atoms with Gasteiger partial charge in [0.05, 0.1) is 11.2 Å². The number of carbonyl (C=O) groups is 1. The highest BCUT2D eigenvalue weighted by Crippen LogP contribution is 2.12. The fraction of sp³-hybridized carbons (Fsp3) is 0.333. The van der Waals surface area contributed by atoms with Crippen LogP contribution in [0.4, 0.5) is 0 Å². The van der Waals surface area contributed by atoms with Gasteiger partial charge in [-0.3, -0.25) is 4.79 Å². The summed E-state index contributed by atoms with van der Waals surface area (Å²) in [6.45, 7) is 3.99. The molecule has 1 aromatic rings. The molecule has 0 N–H and O–H groups in total. The summed E-state index contributed by atoms with van der Waals surface area (Å²) < 4.78 is 0. The van der Waals surface area contributed by atoms with Gasteiger partial charge in [-0.25, -0.2) is 4.98 Å². The SMILES string of the molecule is CC(C)C(C=O)=Cc1cscn1. The van der Waals surface area contributed by atoms with E-state index in [1.807, 2.05) is 25.3 Å². The van der Waals surface area contributed by atoms with Crippen molar-refractivity contribution in [3.05, 3.63) is 22.2 Å². The van der Waals surface area contributed by atoms with E-state index in [0.29, 0.717) is 0 Å². The Morgan fingerprint density at radius 2 is 2.42 bits per heavy atom. The number of aromatic nitrogens is 1. The molecule has 0 amide bonds. The molecule has 2 nitrogen and oxygen atoms in total. The zero-order chi connectivity index (χ0) is 8.97. The van der Waals surface area contributed by atoms with Gasteiger partial charge in [-0.1, -0.05) is 13.8 Å². The van der Waals surface area contributed by atoms with Crippen LogP contribution in [0.5, 0.6) is 0 Å². The maximum Gasteiger partial charge on any atom is 0.146 e. The van der Waals surface area contributed by atoms with Gasteiger partial charge >= 0.3 is 0 Å². The van der Waals surface area contributed by atoms with Crippen molar-refractivity contribution in [2.45, 2.75) is 13.8 Å². The Morgan fingerprint density at radius 3 is 2.83 bits per heavy atom. The predicted octanol–water partition coefficient (Wildman–Crippen LogP) is 2.38. The molecular weight excluding hydrogens is 170 g/mol. The molecule has 0 aromatic carbocycles. The molecule has 0 aliphatic heterocycles. The second-order valence-electron chi connectivity index (χ2n) is 2.83. The van der Waals surface area contributed by atoms with Crippen LogP contribution in [0.15, 0.2) is 16.5 Å². The van der Waals surface area contributed by atoms with Crippen LogP contribution in [0.3, 0.4) is 0 Å². The number of nitrogens with zero attached hydrogens (tertiary/aromatic N) is 1. The van der Waals surface area contributed by atoms with Crippen LogP contribution < -0.4 is 0 Å². The summed E-state index contributed by atoms with van der Waals surface area (Å²) in [5.74, 6) is 0.268. The summed E-state index contributed by atoms with van der Waals surface area (Å²) in [6, 6.07) is 0. The van der Waals surface area contributed by atoms with Crippen molar-refractivity contribution in [1.29, 1.82) is 0 Å². The molecule has 0 atom stereocenters. The van der Waals surface area contributed by atoms with E-state index in [9.17, 15) is 4.79 Å². The summed E-state index contributed by atoms with van der Waals surface area (Å²) in [5.41, 5.74) is 3.42. The second-order valence-corrected chi connectivity index (χ2v) is 3.55. The van der Waals surface area contributed by atoms with Crippen LogP contribution in [-0.4, -0.2) is 11.3 Å². The second kappa shape index (κ2) is 4.16. The largest absolute Gasteiger partial charge is 0.298 e. The van der Waals surface area contributed by atoms with Crippen LogP contribution in [-0.2, 0) is 4.79 Å². The smallest absolute Gasteiger partial charge is 0.146 e. The lowest BCUT2D eigenvalue weighted by molar-refractivity contribution is -0.105. The molecule has 1 rings (SSSR count). The number of hydrogen-bond donors (Lipinski definition) is 0. The van der Waals surface area contributed by atoms with E-state index >= 15 is 0 Å². The van der Waals surface area contributed by atoms with Crippen molar-refractivity contribution in [2.75, 3.05) is 0 Å². The standard InChI is InChI=1S/C9H11NOS/c1-7(2)8(4-11)3-9-5-12-6-10-9/h3-7H,1-2H3. The van der Waals surface area contributed by atoms with Gasteiger partial charge in [-0.2, -0.15) is 0 Å². The molecule has 3 heteroatoms. The fourth-order valence-corrected chi connectivity index (χ4v) is 1.31. The molecule has 0 bridgehead atoms. The summed E-state index contributed by atoms with van der Waals surface area (Å²) in [7, 11) is 0. The monoisotopic (exact) mass is 181 g/mol. The first-order chi connectivity index (χ1) is 5.74. The topological polar surface area (TPSA) is 30.0 Å². The molecule has 0 spiro atoms. The van der Waals surface area contributed by atoms with Crippen LogP contribution >= 0.6 is 11.3 Å². The highest BCUT2D eigenvalue weighted by atomic mass is 32.1. The fourth-order valence-electron chi connectivity index (χ4n) is 0.801. The van der Waals surface area contributed by atoms with Crippen molar-refractivity contribution in [2.24, 2.45) is 5.92 Å². The predicted molar refractivity (Wildman–Crippen MR) is 51.0 cm³/mol. The molecule has 0 saturated heterocycles. The molecule has 0 aliphatic rings. The average Bonchev–Trinajstić information content (AvgIpc) is 2.51. The molecule has 0 fully saturated rings. The highest BCUT2D eigenvalue weighted by molar-refractivity contribution is 7.07. The maximum absolute atomic E-state index is 10.6. The number of aldehydes is 1. The third-order valence-corrected chi connectivity index (χ3v) is 2.17. The van der Waals surface area contributed by atoms with E-state index in [1.165, 1.54) is 11.3 Å². The normalized spacial score (nSPS) is 12.1. The minimum absolute atomic E-state index is 0.268. The zero-order valence-electron chi connectivity index (χ0n) is 7.15. The highest BCUT2D eigenvalue weighted by Gasteiger charge is 2.01. The van der Waals surface area contributed by atoms with E-state index in [1.54, 1.807) is 5.51 Å². The quantitative estimate of drug-likeness (QED) is 0.529. The Bertz CT molecular complexity index is 275. The van der Waals surface area contributed by atoms with Gasteiger partial charge in [0.1, 0.15) is 6.29 Å². The molecular formula is C9H11NOS. The number of carbonyl (C=O) groups excluding carboxylic acids is 1. The number of allylic oxidation sites excluding steroid dienone is 1. The van der Waals surface area contributed by atoms with Gasteiger partial charge in [-0.05, 0) is 17.6 Å². The van der Waals surface area contributed by atoms with E-state index in [0.717, 1.165) is 17.6 Å². The minimum Gasteiger partial charge on any atom is -0.298 e. The van der Waals surface area contributed by atoms with E-state index < -0.39 is 0 Å². The minimum atomic E-state index is 0.268. The van der Waals surface area contributed by atoms with Gasteiger partial charge < -0.3 is 0 Å². The van der Waals surface area contributed by atoms with Gasteiger partial charge in [0, 0.05) is 5.38 Å². The summed E-state index contributed by atoms with van der Waals surface area (Å²) in [6.07, 6.45) is 2.72. The van der Waals surface area contributed by atoms with Crippen molar-refractivity contribution >= 4 is 23.7 Å². The lowest BCUT2D eigenvalue weighted by Crippen LogP contribution is -1.94. The van der Waals surface area contributed by atoms with Gasteiger partial charge in [0.2, 0.25) is 0 Å². The van der Waals surface area contributed by atoms with Gasteiger partial charge in [0.15, 0.2) is 0 Å². The summed E-state index contributed by atoms with van der Waals surface area (Å²) in [4.78, 5) is 14.6. The lowest BCUT2D eigenvalue weighted by atomic mass is 10.0. The number of thiazole rings is 1. The van der Waals surface area contributed by atoms with Crippen molar-refractivity contribution in [3.63, 3.8) is 0 Å². The first-order valence-corrected chi connectivity index (χ1v) is 4.73. The number of rotatable bonds is 3. The Hall–Kier alpha value is -0.960. The zero-order valence-corrected chi connectivity index (χ0v) is 7.97. The first kappa shape index (κ1) is 9.13. The van der Waals surface area contributed by atoms with E-state index in [-0.39, 0.29) is 5.92 Å². The molecule has 0 radical (unpaired) electrons. The molecule has 0 unspecified atom stereocenters. The van der Waals surface area contributed by atoms with Crippen molar-refractivity contribution < 1.29 is 4.79 Å². The lowest BCUT2D eigenvalue weighted by Gasteiger charge is -2.00. The van der Waals surface area contributed by atoms with Gasteiger partial charge in [-0.15, -0.1) is 11.3 Å². The first-order valence-electron chi connectivity index (χ1n) is 3.79. The Kier molecular flexibility index (Phi) is 3.17. The molecule has 0 aliphatic carbocycles. The molecule has 1 aromatic heterocycles. The Morgan fingerprint density at radius 1 is 1.67 bits per heavy atom. The summed E-state index contributed by atoms with van der Waals surface area (Å²) >= 11 is 1.53. The molecule has 0 saturated carbocycles. The Balaban J connectivity index is 2.85. The third-order valence-electron chi connectivity index (χ3n) is 1.57. The maximum atomic E-state index is 10.6. The van der Waals surface area contributed by atoms with E-state index in [4.69, 9.17) is 0 Å². The average molecular weight is 181 g/mol. The summed E-state index contributed by atoms with van der Waals surface area (Å²) in [5, 5.41) is 1.92. The van der Waals surface area contributed by atoms with Crippen LogP contribution in [0.1, 0.15) is 19.5 Å². The molecule has 64 valence electrons. The van der Waals surface area contributed by atoms with Gasteiger partial charge in [0.25, 0.3) is 0 Å².